The van der Waals surface area contributed by atoms with Gasteiger partial charge in [0, 0.05) is 24.9 Å². The Morgan fingerprint density at radius 3 is 2.82 bits per heavy atom. The maximum absolute atomic E-state index is 12.6. The van der Waals surface area contributed by atoms with Gasteiger partial charge in [0.2, 0.25) is 11.8 Å². The number of amides is 1. The molecule has 0 aromatic carbocycles. The molecule has 0 N–H and O–H groups in total. The molecule has 1 aliphatic carbocycles. The van der Waals surface area contributed by atoms with Crippen molar-refractivity contribution < 1.29 is 9.32 Å². The minimum absolute atomic E-state index is 0.212. The summed E-state index contributed by atoms with van der Waals surface area (Å²) < 4.78 is 5.48. The Labute approximate surface area is 132 Å². The van der Waals surface area contributed by atoms with Crippen LogP contribution >= 0.6 is 0 Å². The molecule has 2 atom stereocenters. The van der Waals surface area contributed by atoms with Crippen LogP contribution in [-0.4, -0.2) is 34.0 Å². The van der Waals surface area contributed by atoms with Crippen LogP contribution in [0.1, 0.15) is 82.3 Å². The molecule has 0 spiro atoms. The van der Waals surface area contributed by atoms with Gasteiger partial charge in [-0.1, -0.05) is 31.8 Å². The SMILES string of the molecule is CC[C@@H](C)c1noc([C@@H]2CCCN(C(=O)C3CCCC3)C2)n1. The van der Waals surface area contributed by atoms with Crippen LogP contribution in [0.25, 0.3) is 0 Å². The molecule has 3 rings (SSSR count). The lowest BCUT2D eigenvalue weighted by Gasteiger charge is -2.32. The number of carbonyl (C=O) groups excluding carboxylic acids is 1. The second-order valence-corrected chi connectivity index (χ2v) is 6.90. The minimum atomic E-state index is 0.212. The largest absolute Gasteiger partial charge is 0.342 e. The van der Waals surface area contributed by atoms with E-state index in [0.717, 1.165) is 56.9 Å². The first-order valence-corrected chi connectivity index (χ1v) is 8.81. The average molecular weight is 305 g/mol. The fraction of sp³-hybridized carbons (Fsp3) is 0.824. The van der Waals surface area contributed by atoms with E-state index in [1.165, 1.54) is 12.8 Å². The molecule has 2 fully saturated rings. The van der Waals surface area contributed by atoms with E-state index >= 15 is 0 Å². The van der Waals surface area contributed by atoms with Gasteiger partial charge in [0.25, 0.3) is 0 Å². The van der Waals surface area contributed by atoms with Crippen molar-refractivity contribution in [1.82, 2.24) is 15.0 Å². The highest BCUT2D eigenvalue weighted by molar-refractivity contribution is 5.79. The zero-order valence-electron chi connectivity index (χ0n) is 13.8. The third-order valence-electron chi connectivity index (χ3n) is 5.30. The first-order chi connectivity index (χ1) is 10.7. The summed E-state index contributed by atoms with van der Waals surface area (Å²) in [7, 11) is 0. The molecule has 0 radical (unpaired) electrons. The molecular weight excluding hydrogens is 278 g/mol. The highest BCUT2D eigenvalue weighted by atomic mass is 16.5. The van der Waals surface area contributed by atoms with Crippen molar-refractivity contribution in [2.75, 3.05) is 13.1 Å². The van der Waals surface area contributed by atoms with Crippen LogP contribution in [0, 0.1) is 5.92 Å². The molecule has 1 amide bonds. The monoisotopic (exact) mass is 305 g/mol. The Kier molecular flexibility index (Phi) is 4.79. The van der Waals surface area contributed by atoms with Crippen LogP contribution in [0.3, 0.4) is 0 Å². The Hall–Kier alpha value is -1.39. The van der Waals surface area contributed by atoms with Crippen LogP contribution in [0.15, 0.2) is 4.52 Å². The molecule has 1 saturated heterocycles. The van der Waals surface area contributed by atoms with Gasteiger partial charge in [0.1, 0.15) is 0 Å². The van der Waals surface area contributed by atoms with Crippen LogP contribution in [0.5, 0.6) is 0 Å². The van der Waals surface area contributed by atoms with Gasteiger partial charge < -0.3 is 9.42 Å². The molecule has 1 aromatic heterocycles. The van der Waals surface area contributed by atoms with E-state index in [1.54, 1.807) is 0 Å². The van der Waals surface area contributed by atoms with Crippen molar-refractivity contribution in [1.29, 1.82) is 0 Å². The predicted octanol–water partition coefficient (Wildman–Crippen LogP) is 3.48. The third kappa shape index (κ3) is 3.18. The second-order valence-electron chi connectivity index (χ2n) is 6.90. The molecule has 5 heteroatoms. The van der Waals surface area contributed by atoms with Gasteiger partial charge in [0.15, 0.2) is 5.82 Å². The minimum Gasteiger partial charge on any atom is -0.342 e. The van der Waals surface area contributed by atoms with E-state index in [9.17, 15) is 4.79 Å². The molecule has 22 heavy (non-hydrogen) atoms. The number of rotatable bonds is 4. The van der Waals surface area contributed by atoms with E-state index in [0.29, 0.717) is 11.8 Å². The van der Waals surface area contributed by atoms with Gasteiger partial charge in [-0.15, -0.1) is 0 Å². The Morgan fingerprint density at radius 2 is 2.09 bits per heavy atom. The van der Waals surface area contributed by atoms with Crippen LogP contribution < -0.4 is 0 Å². The van der Waals surface area contributed by atoms with Gasteiger partial charge in [-0.05, 0) is 32.1 Å². The number of piperidine rings is 1. The predicted molar refractivity (Wildman–Crippen MR) is 83.5 cm³/mol. The zero-order valence-corrected chi connectivity index (χ0v) is 13.8. The van der Waals surface area contributed by atoms with E-state index < -0.39 is 0 Å². The number of nitrogens with zero attached hydrogens (tertiary/aromatic N) is 3. The quantitative estimate of drug-likeness (QED) is 0.854. The van der Waals surface area contributed by atoms with Crippen molar-refractivity contribution in [2.45, 2.75) is 70.6 Å². The van der Waals surface area contributed by atoms with E-state index in [-0.39, 0.29) is 11.8 Å². The lowest BCUT2D eigenvalue weighted by Crippen LogP contribution is -2.41. The van der Waals surface area contributed by atoms with Gasteiger partial charge in [-0.3, -0.25) is 4.79 Å². The normalized spacial score (nSPS) is 24.6. The Morgan fingerprint density at radius 1 is 1.32 bits per heavy atom. The van der Waals surface area contributed by atoms with E-state index in [2.05, 4.69) is 24.0 Å². The molecular formula is C17H27N3O2. The van der Waals surface area contributed by atoms with Crippen molar-refractivity contribution in [3.8, 4) is 0 Å². The van der Waals surface area contributed by atoms with Gasteiger partial charge >= 0.3 is 0 Å². The summed E-state index contributed by atoms with van der Waals surface area (Å²) in [6, 6.07) is 0. The smallest absolute Gasteiger partial charge is 0.231 e. The molecule has 2 heterocycles. The lowest BCUT2D eigenvalue weighted by atomic mass is 9.96. The molecule has 122 valence electrons. The molecule has 1 aromatic rings. The van der Waals surface area contributed by atoms with E-state index in [1.807, 2.05) is 4.90 Å². The van der Waals surface area contributed by atoms with Crippen LogP contribution in [-0.2, 0) is 4.79 Å². The molecule has 0 unspecified atom stereocenters. The first kappa shape index (κ1) is 15.5. The molecule has 1 saturated carbocycles. The summed E-state index contributed by atoms with van der Waals surface area (Å²) in [5.41, 5.74) is 0. The Balaban J connectivity index is 1.65. The first-order valence-electron chi connectivity index (χ1n) is 8.81. The van der Waals surface area contributed by atoms with Crippen LogP contribution in [0.4, 0.5) is 0 Å². The van der Waals surface area contributed by atoms with Crippen molar-refractivity contribution in [2.24, 2.45) is 5.92 Å². The average Bonchev–Trinajstić information content (AvgIpc) is 3.25. The number of hydrogen-bond donors (Lipinski definition) is 0. The standard InChI is InChI=1S/C17H27N3O2/c1-3-12(2)15-18-16(22-19-15)14-9-6-10-20(11-14)17(21)13-7-4-5-8-13/h12-14H,3-11H2,1-2H3/t12-,14-/m1/s1. The van der Waals surface area contributed by atoms with Crippen molar-refractivity contribution in [3.63, 3.8) is 0 Å². The van der Waals surface area contributed by atoms with Crippen molar-refractivity contribution in [3.05, 3.63) is 11.7 Å². The van der Waals surface area contributed by atoms with E-state index in [4.69, 9.17) is 4.52 Å². The van der Waals surface area contributed by atoms with Gasteiger partial charge in [-0.2, -0.15) is 4.98 Å². The topological polar surface area (TPSA) is 59.2 Å². The summed E-state index contributed by atoms with van der Waals surface area (Å²) in [6.07, 6.45) is 7.62. The number of aromatic nitrogens is 2. The summed E-state index contributed by atoms with van der Waals surface area (Å²) in [5.74, 6) is 2.68. The maximum Gasteiger partial charge on any atom is 0.231 e. The molecule has 1 aliphatic heterocycles. The number of likely N-dealkylation sites (tertiary alicyclic amines) is 1. The summed E-state index contributed by atoms with van der Waals surface area (Å²) in [4.78, 5) is 19.2. The zero-order chi connectivity index (χ0) is 15.5. The van der Waals surface area contributed by atoms with Crippen molar-refractivity contribution >= 4 is 5.91 Å². The molecule has 5 nitrogen and oxygen atoms in total. The maximum atomic E-state index is 12.6. The fourth-order valence-corrected chi connectivity index (χ4v) is 3.61. The van der Waals surface area contributed by atoms with Gasteiger partial charge in [0.05, 0.1) is 5.92 Å². The van der Waals surface area contributed by atoms with Crippen LogP contribution in [0.2, 0.25) is 0 Å². The molecule has 0 bridgehead atoms. The fourth-order valence-electron chi connectivity index (χ4n) is 3.61. The highest BCUT2D eigenvalue weighted by Gasteiger charge is 2.33. The number of carbonyl (C=O) groups is 1. The highest BCUT2D eigenvalue weighted by Crippen LogP contribution is 2.31. The lowest BCUT2D eigenvalue weighted by molar-refractivity contribution is -0.136. The molecule has 2 aliphatic rings. The number of hydrogen-bond acceptors (Lipinski definition) is 4. The summed E-state index contributed by atoms with van der Waals surface area (Å²) in [5, 5.41) is 4.12. The summed E-state index contributed by atoms with van der Waals surface area (Å²) in [6.45, 7) is 5.88. The third-order valence-corrected chi connectivity index (χ3v) is 5.30. The summed E-state index contributed by atoms with van der Waals surface area (Å²) >= 11 is 0. The second kappa shape index (κ2) is 6.80. The van der Waals surface area contributed by atoms with Gasteiger partial charge in [-0.25, -0.2) is 0 Å². The Bertz CT molecular complexity index is 508.